The molecule has 0 spiro atoms. The Bertz CT molecular complexity index is 979. The molecule has 0 saturated heterocycles. The number of rotatable bonds is 5. The third-order valence-corrected chi connectivity index (χ3v) is 4.20. The van der Waals surface area contributed by atoms with E-state index in [1.165, 1.54) is 10.9 Å². The molecular formula is C23H19NO. The first kappa shape index (κ1) is 15.4. The third kappa shape index (κ3) is 3.86. The molecule has 0 bridgehead atoms. The van der Waals surface area contributed by atoms with E-state index in [1.807, 2.05) is 54.6 Å². The lowest BCUT2D eigenvalue weighted by Gasteiger charge is -2.08. The molecule has 0 fully saturated rings. The molecule has 0 unspecified atom stereocenters. The Morgan fingerprint density at radius 2 is 1.44 bits per heavy atom. The highest BCUT2D eigenvalue weighted by molar-refractivity contribution is 5.78. The number of hydrogen-bond acceptors (Lipinski definition) is 2. The minimum Gasteiger partial charge on any atom is -0.457 e. The predicted octanol–water partition coefficient (Wildman–Crippen LogP) is 5.81. The van der Waals surface area contributed by atoms with Crippen LogP contribution in [-0.2, 0) is 12.8 Å². The summed E-state index contributed by atoms with van der Waals surface area (Å²) in [6.07, 6.45) is 1.86. The molecule has 1 aromatic heterocycles. The first-order valence-electron chi connectivity index (χ1n) is 8.53. The van der Waals surface area contributed by atoms with Crippen molar-refractivity contribution in [2.24, 2.45) is 0 Å². The summed E-state index contributed by atoms with van der Waals surface area (Å²) in [5.41, 5.74) is 3.43. The van der Waals surface area contributed by atoms with Gasteiger partial charge in [0, 0.05) is 11.1 Å². The molecule has 0 aliphatic carbocycles. The lowest BCUT2D eigenvalue weighted by molar-refractivity contribution is 0.482. The second kappa shape index (κ2) is 7.18. The van der Waals surface area contributed by atoms with Gasteiger partial charge in [-0.15, -0.1) is 0 Å². The van der Waals surface area contributed by atoms with Crippen LogP contribution in [0, 0.1) is 0 Å². The van der Waals surface area contributed by atoms with E-state index in [0.717, 1.165) is 35.6 Å². The number of aryl methyl sites for hydroxylation is 2. The monoisotopic (exact) mass is 325 g/mol. The Morgan fingerprint density at radius 1 is 0.640 bits per heavy atom. The van der Waals surface area contributed by atoms with Crippen molar-refractivity contribution in [1.82, 2.24) is 4.98 Å². The second-order valence-electron chi connectivity index (χ2n) is 6.06. The van der Waals surface area contributed by atoms with Crippen molar-refractivity contribution in [2.75, 3.05) is 0 Å². The van der Waals surface area contributed by atoms with Gasteiger partial charge in [0.25, 0.3) is 0 Å². The van der Waals surface area contributed by atoms with Gasteiger partial charge in [0.2, 0.25) is 0 Å². The fraction of sp³-hybridized carbons (Fsp3) is 0.0870. The summed E-state index contributed by atoms with van der Waals surface area (Å²) in [5, 5.41) is 1.18. The van der Waals surface area contributed by atoms with Crippen LogP contribution >= 0.6 is 0 Å². The van der Waals surface area contributed by atoms with Crippen molar-refractivity contribution >= 4 is 10.9 Å². The van der Waals surface area contributed by atoms with Crippen LogP contribution in [-0.4, -0.2) is 4.98 Å². The lowest BCUT2D eigenvalue weighted by atomic mass is 10.1. The van der Waals surface area contributed by atoms with Crippen molar-refractivity contribution in [3.63, 3.8) is 0 Å². The fourth-order valence-electron chi connectivity index (χ4n) is 2.91. The summed E-state index contributed by atoms with van der Waals surface area (Å²) in [7, 11) is 0. The molecule has 0 atom stereocenters. The number of para-hydroxylation sites is 2. The van der Waals surface area contributed by atoms with Crippen molar-refractivity contribution < 1.29 is 4.74 Å². The quantitative estimate of drug-likeness (QED) is 0.462. The third-order valence-electron chi connectivity index (χ3n) is 4.20. The van der Waals surface area contributed by atoms with Crippen molar-refractivity contribution in [3.05, 3.63) is 102 Å². The van der Waals surface area contributed by atoms with Gasteiger partial charge < -0.3 is 4.74 Å². The van der Waals surface area contributed by atoms with Crippen LogP contribution in [0.1, 0.15) is 11.3 Å². The van der Waals surface area contributed by atoms with Gasteiger partial charge in [-0.3, -0.25) is 4.98 Å². The van der Waals surface area contributed by atoms with Crippen LogP contribution in [0.15, 0.2) is 91.0 Å². The minimum absolute atomic E-state index is 0.857. The van der Waals surface area contributed by atoms with E-state index >= 15 is 0 Å². The second-order valence-corrected chi connectivity index (χ2v) is 6.06. The number of pyridine rings is 1. The Balaban J connectivity index is 1.46. The topological polar surface area (TPSA) is 22.1 Å². The van der Waals surface area contributed by atoms with Crippen LogP contribution in [0.25, 0.3) is 10.9 Å². The largest absolute Gasteiger partial charge is 0.457 e. The molecule has 4 rings (SSSR count). The summed E-state index contributed by atoms with van der Waals surface area (Å²) in [4.78, 5) is 4.75. The SMILES string of the molecule is c1ccc(Oc2cccc(CCc3ccc4ccccc4n3)c2)cc1. The molecular weight excluding hydrogens is 306 g/mol. The molecule has 0 aliphatic rings. The molecule has 0 radical (unpaired) electrons. The molecule has 3 aromatic carbocycles. The van der Waals surface area contributed by atoms with Gasteiger partial charge in [-0.25, -0.2) is 0 Å². The van der Waals surface area contributed by atoms with E-state index < -0.39 is 0 Å². The van der Waals surface area contributed by atoms with E-state index in [2.05, 4.69) is 36.4 Å². The molecule has 122 valence electrons. The number of aromatic nitrogens is 1. The summed E-state index contributed by atoms with van der Waals surface area (Å²) in [6.45, 7) is 0. The van der Waals surface area contributed by atoms with E-state index in [0.29, 0.717) is 0 Å². The molecule has 0 aliphatic heterocycles. The average Bonchev–Trinajstić information content (AvgIpc) is 2.67. The highest BCUT2D eigenvalue weighted by Crippen LogP contribution is 2.22. The van der Waals surface area contributed by atoms with E-state index in [4.69, 9.17) is 9.72 Å². The lowest BCUT2D eigenvalue weighted by Crippen LogP contribution is -1.95. The van der Waals surface area contributed by atoms with E-state index in [-0.39, 0.29) is 0 Å². The fourth-order valence-corrected chi connectivity index (χ4v) is 2.91. The summed E-state index contributed by atoms with van der Waals surface area (Å²) in [6, 6.07) is 30.6. The highest BCUT2D eigenvalue weighted by Gasteiger charge is 2.02. The zero-order valence-electron chi connectivity index (χ0n) is 13.9. The van der Waals surface area contributed by atoms with E-state index in [1.54, 1.807) is 0 Å². The zero-order valence-corrected chi connectivity index (χ0v) is 13.9. The molecule has 2 heteroatoms. The van der Waals surface area contributed by atoms with Gasteiger partial charge >= 0.3 is 0 Å². The number of benzene rings is 3. The Hall–Kier alpha value is -3.13. The molecule has 25 heavy (non-hydrogen) atoms. The first-order chi connectivity index (χ1) is 12.4. The average molecular weight is 325 g/mol. The maximum atomic E-state index is 5.91. The van der Waals surface area contributed by atoms with Crippen LogP contribution in [0.2, 0.25) is 0 Å². The van der Waals surface area contributed by atoms with Gasteiger partial charge in [0.1, 0.15) is 11.5 Å². The minimum atomic E-state index is 0.857. The molecule has 1 heterocycles. The Morgan fingerprint density at radius 3 is 2.36 bits per heavy atom. The molecule has 0 saturated carbocycles. The smallest absolute Gasteiger partial charge is 0.127 e. The van der Waals surface area contributed by atoms with Crippen molar-refractivity contribution in [3.8, 4) is 11.5 Å². The van der Waals surface area contributed by atoms with Gasteiger partial charge in [0.05, 0.1) is 5.52 Å². The van der Waals surface area contributed by atoms with Crippen molar-refractivity contribution in [1.29, 1.82) is 0 Å². The molecule has 0 N–H and O–H groups in total. The number of fused-ring (bicyclic) bond motifs is 1. The first-order valence-corrected chi connectivity index (χ1v) is 8.53. The normalized spacial score (nSPS) is 10.7. The van der Waals surface area contributed by atoms with Gasteiger partial charge in [-0.1, -0.05) is 54.6 Å². The van der Waals surface area contributed by atoms with Crippen LogP contribution in [0.3, 0.4) is 0 Å². The predicted molar refractivity (Wildman–Crippen MR) is 102 cm³/mol. The maximum absolute atomic E-state index is 5.91. The molecule has 2 nitrogen and oxygen atoms in total. The van der Waals surface area contributed by atoms with Gasteiger partial charge in [0.15, 0.2) is 0 Å². The van der Waals surface area contributed by atoms with Crippen molar-refractivity contribution in [2.45, 2.75) is 12.8 Å². The molecule has 4 aromatic rings. The summed E-state index contributed by atoms with van der Waals surface area (Å²) < 4.78 is 5.91. The van der Waals surface area contributed by atoms with Crippen LogP contribution in [0.4, 0.5) is 0 Å². The van der Waals surface area contributed by atoms with Crippen LogP contribution < -0.4 is 4.74 Å². The van der Waals surface area contributed by atoms with Gasteiger partial charge in [-0.2, -0.15) is 0 Å². The standard InChI is InChI=1S/C23H19NO/c1-2-9-21(10-3-1)25-22-11-6-7-18(17-22)13-15-20-16-14-19-8-4-5-12-23(19)24-20/h1-12,14,16-17H,13,15H2. The summed E-state index contributed by atoms with van der Waals surface area (Å²) in [5.74, 6) is 1.73. The number of hydrogen-bond donors (Lipinski definition) is 0. The maximum Gasteiger partial charge on any atom is 0.127 e. The number of nitrogens with zero attached hydrogens (tertiary/aromatic N) is 1. The van der Waals surface area contributed by atoms with Gasteiger partial charge in [-0.05, 0) is 54.8 Å². The molecule has 0 amide bonds. The van der Waals surface area contributed by atoms with Crippen LogP contribution in [0.5, 0.6) is 11.5 Å². The Labute approximate surface area is 147 Å². The Kier molecular flexibility index (Phi) is 4.42. The zero-order chi connectivity index (χ0) is 16.9. The summed E-state index contributed by atoms with van der Waals surface area (Å²) >= 11 is 0. The van der Waals surface area contributed by atoms with E-state index in [9.17, 15) is 0 Å². The highest BCUT2D eigenvalue weighted by atomic mass is 16.5. The number of ether oxygens (including phenoxy) is 1.